The maximum Gasteiger partial charge on any atom is 0.573 e. The number of alkyl halides is 3. The van der Waals surface area contributed by atoms with Crippen molar-refractivity contribution in [3.63, 3.8) is 0 Å². The first-order valence-corrected chi connectivity index (χ1v) is 4.40. The van der Waals surface area contributed by atoms with Gasteiger partial charge in [0, 0.05) is 0 Å². The number of allylic oxidation sites excluding steroid dienone is 1. The summed E-state index contributed by atoms with van der Waals surface area (Å²) in [6, 6.07) is 5.77. The first-order chi connectivity index (χ1) is 6.92. The Labute approximate surface area is 86.2 Å². The predicted molar refractivity (Wildman–Crippen MR) is 51.7 cm³/mol. The first-order valence-electron chi connectivity index (χ1n) is 4.40. The molecule has 15 heavy (non-hydrogen) atoms. The molecule has 4 heteroatoms. The lowest BCUT2D eigenvalue weighted by Crippen LogP contribution is -2.17. The molecule has 0 heterocycles. The van der Waals surface area contributed by atoms with Crippen molar-refractivity contribution in [3.05, 3.63) is 42.5 Å². The van der Waals surface area contributed by atoms with Crippen LogP contribution in [0.4, 0.5) is 13.2 Å². The summed E-state index contributed by atoms with van der Waals surface area (Å²) in [6.07, 6.45) is -2.91. The van der Waals surface area contributed by atoms with Crippen LogP contribution in [-0.4, -0.2) is 6.36 Å². The van der Waals surface area contributed by atoms with Gasteiger partial charge in [0.25, 0.3) is 0 Å². The molecule has 0 saturated carbocycles. The van der Waals surface area contributed by atoms with Crippen molar-refractivity contribution in [1.82, 2.24) is 0 Å². The second kappa shape index (κ2) is 4.38. The van der Waals surface area contributed by atoms with Gasteiger partial charge in [-0.2, -0.15) is 0 Å². The Hall–Kier alpha value is -1.45. The van der Waals surface area contributed by atoms with E-state index in [9.17, 15) is 13.2 Å². The fourth-order valence-electron chi connectivity index (χ4n) is 1.11. The van der Waals surface area contributed by atoms with Crippen LogP contribution in [-0.2, 0) is 0 Å². The third kappa shape index (κ3) is 3.65. The van der Waals surface area contributed by atoms with Gasteiger partial charge in [-0.25, -0.2) is 0 Å². The van der Waals surface area contributed by atoms with Crippen LogP contribution in [0.3, 0.4) is 0 Å². The highest BCUT2D eigenvalue weighted by Crippen LogP contribution is 2.24. The Kier molecular flexibility index (Phi) is 3.39. The highest BCUT2D eigenvalue weighted by atomic mass is 19.4. The number of ether oxygens (including phenoxy) is 1. The summed E-state index contributed by atoms with van der Waals surface area (Å²) in [5, 5.41) is 0. The van der Waals surface area contributed by atoms with Crippen LogP contribution >= 0.6 is 0 Å². The van der Waals surface area contributed by atoms with Gasteiger partial charge in [0.2, 0.25) is 0 Å². The van der Waals surface area contributed by atoms with E-state index < -0.39 is 6.36 Å². The summed E-state index contributed by atoms with van der Waals surface area (Å²) >= 11 is 0. The zero-order valence-electron chi connectivity index (χ0n) is 8.21. The van der Waals surface area contributed by atoms with E-state index in [1.165, 1.54) is 12.1 Å². The van der Waals surface area contributed by atoms with Crippen LogP contribution in [0.2, 0.25) is 0 Å². The van der Waals surface area contributed by atoms with Gasteiger partial charge in [0.15, 0.2) is 0 Å². The van der Waals surface area contributed by atoms with E-state index in [0.29, 0.717) is 0 Å². The van der Waals surface area contributed by atoms with Crippen molar-refractivity contribution < 1.29 is 17.9 Å². The molecule has 0 N–H and O–H groups in total. The quantitative estimate of drug-likeness (QED) is 0.697. The SMILES string of the molecule is C=C[C@@H](C)c1ccc(OC(F)(F)F)cc1. The Morgan fingerprint density at radius 3 is 2.20 bits per heavy atom. The summed E-state index contributed by atoms with van der Waals surface area (Å²) in [4.78, 5) is 0. The summed E-state index contributed by atoms with van der Waals surface area (Å²) < 4.78 is 39.2. The fourth-order valence-corrected chi connectivity index (χ4v) is 1.11. The van der Waals surface area contributed by atoms with Crippen LogP contribution in [0.5, 0.6) is 5.75 Å². The summed E-state index contributed by atoms with van der Waals surface area (Å²) in [6.45, 7) is 5.52. The van der Waals surface area contributed by atoms with Gasteiger partial charge in [-0.05, 0) is 23.6 Å². The molecule has 1 atom stereocenters. The first kappa shape index (κ1) is 11.6. The van der Waals surface area contributed by atoms with Crippen LogP contribution in [0.15, 0.2) is 36.9 Å². The maximum absolute atomic E-state index is 11.8. The van der Waals surface area contributed by atoms with Crippen molar-refractivity contribution >= 4 is 0 Å². The molecule has 1 nitrogen and oxygen atoms in total. The highest BCUT2D eigenvalue weighted by molar-refractivity contribution is 5.30. The van der Waals surface area contributed by atoms with E-state index in [2.05, 4.69) is 11.3 Å². The second-order valence-electron chi connectivity index (χ2n) is 3.14. The fraction of sp³-hybridized carbons (Fsp3) is 0.273. The minimum atomic E-state index is -4.63. The number of halogens is 3. The molecule has 0 spiro atoms. The lowest BCUT2D eigenvalue weighted by molar-refractivity contribution is -0.274. The van der Waals surface area contributed by atoms with E-state index in [-0.39, 0.29) is 11.7 Å². The van der Waals surface area contributed by atoms with Gasteiger partial charge < -0.3 is 4.74 Å². The monoisotopic (exact) mass is 216 g/mol. The maximum atomic E-state index is 11.8. The van der Waals surface area contributed by atoms with Crippen molar-refractivity contribution in [2.24, 2.45) is 0 Å². The average Bonchev–Trinajstić information content (AvgIpc) is 2.15. The van der Waals surface area contributed by atoms with Gasteiger partial charge >= 0.3 is 6.36 Å². The number of benzene rings is 1. The molecule has 0 aliphatic carbocycles. The number of hydrogen-bond donors (Lipinski definition) is 0. The van der Waals surface area contributed by atoms with Crippen LogP contribution < -0.4 is 4.74 Å². The van der Waals surface area contributed by atoms with Gasteiger partial charge in [-0.15, -0.1) is 19.8 Å². The van der Waals surface area contributed by atoms with Gasteiger partial charge in [0.05, 0.1) is 0 Å². The molecule has 0 aromatic heterocycles. The molecule has 1 rings (SSSR count). The Balaban J connectivity index is 2.77. The molecule has 0 amide bonds. The molecular weight excluding hydrogens is 205 g/mol. The standard InChI is InChI=1S/C11H11F3O/c1-3-8(2)9-4-6-10(7-5-9)15-11(12,13)14/h3-8H,1H2,2H3/t8-/m1/s1. The molecule has 0 bridgehead atoms. The zero-order chi connectivity index (χ0) is 11.5. The molecular formula is C11H11F3O. The van der Waals surface area contributed by atoms with E-state index >= 15 is 0 Å². The van der Waals surface area contributed by atoms with Gasteiger partial charge in [-0.3, -0.25) is 0 Å². The average molecular weight is 216 g/mol. The molecule has 0 fully saturated rings. The highest BCUT2D eigenvalue weighted by Gasteiger charge is 2.30. The summed E-state index contributed by atoms with van der Waals surface area (Å²) in [5.74, 6) is -0.0903. The van der Waals surface area contributed by atoms with Gasteiger partial charge in [-0.1, -0.05) is 25.1 Å². The van der Waals surface area contributed by atoms with Crippen LogP contribution in [0.25, 0.3) is 0 Å². The Morgan fingerprint density at radius 1 is 1.27 bits per heavy atom. The molecule has 0 saturated heterocycles. The van der Waals surface area contributed by atoms with Gasteiger partial charge in [0.1, 0.15) is 5.75 Å². The lowest BCUT2D eigenvalue weighted by Gasteiger charge is -2.10. The minimum absolute atomic E-state index is 0.116. The zero-order valence-corrected chi connectivity index (χ0v) is 8.21. The van der Waals surface area contributed by atoms with E-state index in [1.54, 1.807) is 18.2 Å². The lowest BCUT2D eigenvalue weighted by atomic mass is 10.0. The molecule has 0 aliphatic heterocycles. The Morgan fingerprint density at radius 2 is 1.80 bits per heavy atom. The summed E-state index contributed by atoms with van der Waals surface area (Å²) in [5.41, 5.74) is 0.902. The smallest absolute Gasteiger partial charge is 0.406 e. The van der Waals surface area contributed by atoms with Crippen molar-refractivity contribution in [2.75, 3.05) is 0 Å². The largest absolute Gasteiger partial charge is 0.573 e. The van der Waals surface area contributed by atoms with E-state index in [1.807, 2.05) is 6.92 Å². The van der Waals surface area contributed by atoms with Crippen LogP contribution in [0, 0.1) is 0 Å². The van der Waals surface area contributed by atoms with Crippen LogP contribution in [0.1, 0.15) is 18.4 Å². The Bertz CT molecular complexity index is 327. The molecule has 82 valence electrons. The van der Waals surface area contributed by atoms with Crippen molar-refractivity contribution in [1.29, 1.82) is 0 Å². The molecule has 1 aromatic rings. The number of rotatable bonds is 3. The molecule has 0 radical (unpaired) electrons. The van der Waals surface area contributed by atoms with E-state index in [4.69, 9.17) is 0 Å². The third-order valence-electron chi connectivity index (χ3n) is 1.99. The topological polar surface area (TPSA) is 9.23 Å². The van der Waals surface area contributed by atoms with Crippen molar-refractivity contribution in [3.8, 4) is 5.75 Å². The third-order valence-corrected chi connectivity index (χ3v) is 1.99. The summed E-state index contributed by atoms with van der Waals surface area (Å²) in [7, 11) is 0. The van der Waals surface area contributed by atoms with Crippen molar-refractivity contribution in [2.45, 2.75) is 19.2 Å². The molecule has 1 aromatic carbocycles. The number of hydrogen-bond acceptors (Lipinski definition) is 1. The predicted octanol–water partition coefficient (Wildman–Crippen LogP) is 3.87. The second-order valence-corrected chi connectivity index (χ2v) is 3.14. The minimum Gasteiger partial charge on any atom is -0.406 e. The molecule has 0 aliphatic rings. The van der Waals surface area contributed by atoms with E-state index in [0.717, 1.165) is 5.56 Å². The molecule has 0 unspecified atom stereocenters. The normalized spacial score (nSPS) is 13.3.